The van der Waals surface area contributed by atoms with Gasteiger partial charge in [-0.2, -0.15) is 4.98 Å². The molecular weight excluding hydrogens is 404 g/mol. The van der Waals surface area contributed by atoms with Crippen LogP contribution in [0.15, 0.2) is 30.3 Å². The Labute approximate surface area is 181 Å². The molecular formula is C22H28N2O7. The zero-order valence-corrected chi connectivity index (χ0v) is 18.3. The van der Waals surface area contributed by atoms with Crippen molar-refractivity contribution in [2.75, 3.05) is 21.3 Å². The minimum absolute atomic E-state index is 0.146. The van der Waals surface area contributed by atoms with E-state index in [1.54, 1.807) is 44.2 Å². The average Bonchev–Trinajstić information content (AvgIpc) is 2.76. The second-order valence-corrected chi connectivity index (χ2v) is 6.96. The number of benzene rings is 1. The molecule has 0 aliphatic carbocycles. The number of rotatable bonds is 11. The number of carboxylic acids is 1. The van der Waals surface area contributed by atoms with Gasteiger partial charge in [0.1, 0.15) is 11.3 Å². The fourth-order valence-corrected chi connectivity index (χ4v) is 2.97. The molecule has 0 fully saturated rings. The highest BCUT2D eigenvalue weighted by Crippen LogP contribution is 2.23. The lowest BCUT2D eigenvalue weighted by Gasteiger charge is -2.18. The molecule has 1 unspecified atom stereocenters. The molecule has 0 saturated heterocycles. The van der Waals surface area contributed by atoms with E-state index >= 15 is 0 Å². The van der Waals surface area contributed by atoms with Gasteiger partial charge in [-0.25, -0.2) is 4.79 Å². The number of amides is 1. The van der Waals surface area contributed by atoms with E-state index in [9.17, 15) is 14.7 Å². The van der Waals surface area contributed by atoms with E-state index in [4.69, 9.17) is 18.9 Å². The SMILES string of the molecule is COc1ccc(C(=O)NCc2cc(CC(OC(C)C)C(=O)O)ccc2OC)c(OC)n1. The van der Waals surface area contributed by atoms with E-state index in [1.807, 2.05) is 0 Å². The van der Waals surface area contributed by atoms with Gasteiger partial charge >= 0.3 is 5.97 Å². The Bertz CT molecular complexity index is 915. The Hall–Kier alpha value is -3.33. The standard InChI is InChI=1S/C22H28N2O7/c1-13(2)31-18(22(26)27)11-14-6-8-17(28-3)15(10-14)12-23-20(25)16-7-9-19(29-4)24-21(16)30-5/h6-10,13,18H,11-12H2,1-5H3,(H,23,25)(H,26,27). The monoisotopic (exact) mass is 432 g/mol. The topological polar surface area (TPSA) is 116 Å². The van der Waals surface area contributed by atoms with Gasteiger partial charge in [0, 0.05) is 24.6 Å². The number of carboxylic acid groups (broad SMARTS) is 1. The summed E-state index contributed by atoms with van der Waals surface area (Å²) in [5, 5.41) is 12.2. The maximum atomic E-state index is 12.7. The number of carbonyl (C=O) groups excluding carboxylic acids is 1. The van der Waals surface area contributed by atoms with Gasteiger partial charge in [-0.05, 0) is 31.5 Å². The summed E-state index contributed by atoms with van der Waals surface area (Å²) in [6.07, 6.45) is -0.994. The lowest BCUT2D eigenvalue weighted by molar-refractivity contribution is -0.153. The number of ether oxygens (including phenoxy) is 4. The lowest BCUT2D eigenvalue weighted by atomic mass is 10.0. The summed E-state index contributed by atoms with van der Waals surface area (Å²) in [6.45, 7) is 3.73. The highest BCUT2D eigenvalue weighted by Gasteiger charge is 2.21. The molecule has 168 valence electrons. The van der Waals surface area contributed by atoms with Crippen LogP contribution in [0.1, 0.15) is 35.3 Å². The molecule has 1 aromatic carbocycles. The van der Waals surface area contributed by atoms with Gasteiger partial charge in [-0.15, -0.1) is 0 Å². The Balaban J connectivity index is 2.18. The predicted molar refractivity (Wildman–Crippen MR) is 113 cm³/mol. The summed E-state index contributed by atoms with van der Waals surface area (Å²) in [4.78, 5) is 28.3. The minimum Gasteiger partial charge on any atom is -0.496 e. The first-order valence-corrected chi connectivity index (χ1v) is 9.70. The molecule has 2 N–H and O–H groups in total. The van der Waals surface area contributed by atoms with Crippen LogP contribution < -0.4 is 19.5 Å². The van der Waals surface area contributed by atoms with E-state index < -0.39 is 12.1 Å². The molecule has 0 spiro atoms. The first-order valence-electron chi connectivity index (χ1n) is 9.70. The third-order valence-electron chi connectivity index (χ3n) is 4.40. The zero-order chi connectivity index (χ0) is 23.0. The van der Waals surface area contributed by atoms with Gasteiger partial charge in [-0.1, -0.05) is 12.1 Å². The number of aliphatic carboxylic acids is 1. The van der Waals surface area contributed by atoms with Crippen LogP contribution in [0.2, 0.25) is 0 Å². The molecule has 1 amide bonds. The highest BCUT2D eigenvalue weighted by molar-refractivity contribution is 5.96. The van der Waals surface area contributed by atoms with Crippen molar-refractivity contribution in [3.05, 3.63) is 47.0 Å². The molecule has 0 radical (unpaired) electrons. The van der Waals surface area contributed by atoms with Crippen molar-refractivity contribution in [2.24, 2.45) is 0 Å². The van der Waals surface area contributed by atoms with Crippen LogP contribution in [0.3, 0.4) is 0 Å². The number of hydrogen-bond donors (Lipinski definition) is 2. The smallest absolute Gasteiger partial charge is 0.333 e. The number of pyridine rings is 1. The van der Waals surface area contributed by atoms with Gasteiger partial charge < -0.3 is 29.4 Å². The van der Waals surface area contributed by atoms with Crippen molar-refractivity contribution in [1.82, 2.24) is 10.3 Å². The van der Waals surface area contributed by atoms with Crippen LogP contribution in [-0.4, -0.2) is 55.5 Å². The van der Waals surface area contributed by atoms with Gasteiger partial charge in [0.25, 0.3) is 5.91 Å². The first-order chi connectivity index (χ1) is 14.8. The Morgan fingerprint density at radius 1 is 1.06 bits per heavy atom. The summed E-state index contributed by atoms with van der Waals surface area (Å²) in [5.41, 5.74) is 1.71. The van der Waals surface area contributed by atoms with Gasteiger partial charge in [0.2, 0.25) is 11.8 Å². The molecule has 0 saturated carbocycles. The number of carbonyl (C=O) groups is 2. The fourth-order valence-electron chi connectivity index (χ4n) is 2.97. The lowest BCUT2D eigenvalue weighted by Crippen LogP contribution is -2.29. The predicted octanol–water partition coefficient (Wildman–Crippen LogP) is 2.46. The number of aromatic nitrogens is 1. The largest absolute Gasteiger partial charge is 0.496 e. The van der Waals surface area contributed by atoms with E-state index in [-0.39, 0.29) is 36.4 Å². The normalized spacial score (nSPS) is 11.7. The quantitative estimate of drug-likeness (QED) is 0.556. The van der Waals surface area contributed by atoms with Crippen molar-refractivity contribution in [1.29, 1.82) is 0 Å². The molecule has 0 bridgehead atoms. The molecule has 2 rings (SSSR count). The Morgan fingerprint density at radius 3 is 2.39 bits per heavy atom. The van der Waals surface area contributed by atoms with Crippen molar-refractivity contribution in [3.63, 3.8) is 0 Å². The molecule has 0 aliphatic heterocycles. The molecule has 31 heavy (non-hydrogen) atoms. The maximum absolute atomic E-state index is 12.7. The van der Waals surface area contributed by atoms with Crippen LogP contribution >= 0.6 is 0 Å². The maximum Gasteiger partial charge on any atom is 0.333 e. The fraction of sp³-hybridized carbons (Fsp3) is 0.409. The van der Waals surface area contributed by atoms with Crippen LogP contribution in [0.25, 0.3) is 0 Å². The number of nitrogens with zero attached hydrogens (tertiary/aromatic N) is 1. The molecule has 1 atom stereocenters. The minimum atomic E-state index is -1.03. The molecule has 2 aromatic rings. The van der Waals surface area contributed by atoms with Crippen molar-refractivity contribution >= 4 is 11.9 Å². The summed E-state index contributed by atoms with van der Waals surface area (Å²) < 4.78 is 21.1. The number of nitrogens with one attached hydrogen (secondary N) is 1. The summed E-state index contributed by atoms with van der Waals surface area (Å²) in [6, 6.07) is 8.44. The Kier molecular flexibility index (Phi) is 8.63. The molecule has 1 heterocycles. The van der Waals surface area contributed by atoms with E-state index in [1.165, 1.54) is 21.3 Å². The van der Waals surface area contributed by atoms with Gasteiger partial charge in [0.05, 0.1) is 27.4 Å². The van der Waals surface area contributed by atoms with Gasteiger partial charge in [-0.3, -0.25) is 4.79 Å². The second kappa shape index (κ2) is 11.2. The van der Waals surface area contributed by atoms with Crippen molar-refractivity contribution in [3.8, 4) is 17.5 Å². The summed E-state index contributed by atoms with van der Waals surface area (Å²) in [5.74, 6) is -0.364. The second-order valence-electron chi connectivity index (χ2n) is 6.96. The molecule has 9 nitrogen and oxygen atoms in total. The van der Waals surface area contributed by atoms with Crippen LogP contribution in [0, 0.1) is 0 Å². The molecule has 1 aromatic heterocycles. The van der Waals surface area contributed by atoms with E-state index in [0.29, 0.717) is 17.2 Å². The third kappa shape index (κ3) is 6.58. The first kappa shape index (κ1) is 23.9. The van der Waals surface area contributed by atoms with Crippen LogP contribution in [-0.2, 0) is 22.5 Å². The molecule has 0 aliphatic rings. The van der Waals surface area contributed by atoms with Crippen molar-refractivity contribution in [2.45, 2.75) is 39.0 Å². The summed E-state index contributed by atoms with van der Waals surface area (Å²) in [7, 11) is 4.42. The van der Waals surface area contributed by atoms with Crippen LogP contribution in [0.5, 0.6) is 17.5 Å². The highest BCUT2D eigenvalue weighted by atomic mass is 16.5. The molecule has 9 heteroatoms. The van der Waals surface area contributed by atoms with Crippen LogP contribution in [0.4, 0.5) is 0 Å². The van der Waals surface area contributed by atoms with E-state index in [2.05, 4.69) is 10.3 Å². The zero-order valence-electron chi connectivity index (χ0n) is 18.3. The average molecular weight is 432 g/mol. The third-order valence-corrected chi connectivity index (χ3v) is 4.40. The van der Waals surface area contributed by atoms with Crippen molar-refractivity contribution < 1.29 is 33.6 Å². The van der Waals surface area contributed by atoms with Gasteiger partial charge in [0.15, 0.2) is 6.10 Å². The number of methoxy groups -OCH3 is 3. The Morgan fingerprint density at radius 2 is 1.81 bits per heavy atom. The van der Waals surface area contributed by atoms with E-state index in [0.717, 1.165) is 5.56 Å². The number of hydrogen-bond acceptors (Lipinski definition) is 7. The summed E-state index contributed by atoms with van der Waals surface area (Å²) >= 11 is 0.